The number of aromatic nitrogens is 4. The molecule has 0 spiro atoms. The number of nitrogens with zero attached hydrogens (tertiary/aromatic N) is 3. The molecule has 2 aliphatic rings. The van der Waals surface area contributed by atoms with Gasteiger partial charge < -0.3 is 20.7 Å². The molecule has 0 aliphatic carbocycles. The van der Waals surface area contributed by atoms with E-state index in [2.05, 4.69) is 31.1 Å². The van der Waals surface area contributed by atoms with E-state index in [1.807, 2.05) is 19.1 Å². The van der Waals surface area contributed by atoms with Gasteiger partial charge >= 0.3 is 5.97 Å². The second-order valence-corrected chi connectivity index (χ2v) is 8.15. The molecule has 2 fully saturated rings. The highest BCUT2D eigenvalue weighted by atomic mass is 16.5. The van der Waals surface area contributed by atoms with Crippen molar-refractivity contribution in [1.29, 1.82) is 0 Å². The van der Waals surface area contributed by atoms with Crippen LogP contribution in [0.2, 0.25) is 0 Å². The second kappa shape index (κ2) is 7.56. The van der Waals surface area contributed by atoms with E-state index in [-0.39, 0.29) is 0 Å². The maximum absolute atomic E-state index is 12.0. The van der Waals surface area contributed by atoms with E-state index < -0.39 is 5.97 Å². The summed E-state index contributed by atoms with van der Waals surface area (Å²) in [5.41, 5.74) is 2.11. The molecule has 9 nitrogen and oxygen atoms in total. The van der Waals surface area contributed by atoms with Gasteiger partial charge in [0.05, 0.1) is 18.2 Å². The Morgan fingerprint density at radius 2 is 1.97 bits per heavy atom. The summed E-state index contributed by atoms with van der Waals surface area (Å²) in [6.45, 7) is 1.94. The van der Waals surface area contributed by atoms with E-state index in [0.717, 1.165) is 29.4 Å². The van der Waals surface area contributed by atoms with Gasteiger partial charge in [-0.25, -0.2) is 9.78 Å². The van der Waals surface area contributed by atoms with Crippen molar-refractivity contribution in [3.8, 4) is 0 Å². The molecule has 0 amide bonds. The lowest BCUT2D eigenvalue weighted by Gasteiger charge is -2.30. The van der Waals surface area contributed by atoms with Gasteiger partial charge in [-0.15, -0.1) is 0 Å². The number of piperidine rings is 1. The number of carbonyl (C=O) groups excluding carboxylic acids is 1. The fraction of sp³-hybridized carbons (Fsp3) is 0.429. The molecular weight excluding hydrogens is 382 g/mol. The summed E-state index contributed by atoms with van der Waals surface area (Å²) < 4.78 is 4.86. The first-order valence-electron chi connectivity index (χ1n) is 10.3. The number of hydrogen-bond donors (Lipinski definition) is 4. The van der Waals surface area contributed by atoms with E-state index in [1.54, 1.807) is 6.07 Å². The highest BCUT2D eigenvalue weighted by Crippen LogP contribution is 2.31. The molecule has 2 aliphatic heterocycles. The van der Waals surface area contributed by atoms with Crippen LogP contribution in [0.5, 0.6) is 0 Å². The number of methoxy groups -OCH3 is 1. The highest BCUT2D eigenvalue weighted by molar-refractivity contribution is 5.98. The van der Waals surface area contributed by atoms with Gasteiger partial charge in [-0.1, -0.05) is 0 Å². The molecule has 9 heteroatoms. The van der Waals surface area contributed by atoms with E-state index in [0.29, 0.717) is 41.1 Å². The van der Waals surface area contributed by atoms with Crippen molar-refractivity contribution in [1.82, 2.24) is 25.5 Å². The van der Waals surface area contributed by atoms with Crippen molar-refractivity contribution in [3.63, 3.8) is 0 Å². The van der Waals surface area contributed by atoms with Crippen molar-refractivity contribution >= 4 is 34.3 Å². The number of H-pyrrole nitrogens is 1. The molecule has 4 N–H and O–H groups in total. The number of aryl methyl sites for hydroxylation is 1. The maximum atomic E-state index is 12.0. The molecule has 2 bridgehead atoms. The molecule has 2 saturated heterocycles. The Hall–Kier alpha value is -3.20. The van der Waals surface area contributed by atoms with Crippen LogP contribution in [0, 0.1) is 6.92 Å². The van der Waals surface area contributed by atoms with E-state index in [4.69, 9.17) is 9.72 Å². The number of carbonyl (C=O) groups is 1. The zero-order valence-corrected chi connectivity index (χ0v) is 17.0. The minimum atomic E-state index is -0.413. The van der Waals surface area contributed by atoms with Crippen LogP contribution in [-0.2, 0) is 4.74 Å². The Kier molecular flexibility index (Phi) is 4.74. The largest absolute Gasteiger partial charge is 0.465 e. The van der Waals surface area contributed by atoms with Crippen molar-refractivity contribution in [2.24, 2.45) is 0 Å². The number of hydrogen-bond acceptors (Lipinski definition) is 8. The summed E-state index contributed by atoms with van der Waals surface area (Å²) in [4.78, 5) is 21.3. The molecule has 5 rings (SSSR count). The summed E-state index contributed by atoms with van der Waals surface area (Å²) in [7, 11) is 1.37. The number of fused-ring (bicyclic) bond motifs is 3. The summed E-state index contributed by atoms with van der Waals surface area (Å²) >= 11 is 0. The van der Waals surface area contributed by atoms with Crippen molar-refractivity contribution < 1.29 is 9.53 Å². The highest BCUT2D eigenvalue weighted by Gasteiger charge is 2.33. The minimum Gasteiger partial charge on any atom is -0.465 e. The van der Waals surface area contributed by atoms with Crippen LogP contribution in [0.4, 0.5) is 17.5 Å². The molecule has 0 aromatic carbocycles. The average Bonchev–Trinajstić information content (AvgIpc) is 3.31. The lowest BCUT2D eigenvalue weighted by molar-refractivity contribution is 0.0600. The molecule has 0 saturated carbocycles. The number of anilines is 3. The maximum Gasteiger partial charge on any atom is 0.339 e. The van der Waals surface area contributed by atoms with E-state index in [9.17, 15) is 4.79 Å². The molecule has 1 unspecified atom stereocenters. The van der Waals surface area contributed by atoms with Gasteiger partial charge in [0.1, 0.15) is 11.6 Å². The Balaban J connectivity index is 1.52. The van der Waals surface area contributed by atoms with Crippen LogP contribution in [0.25, 0.3) is 10.9 Å². The number of esters is 1. The van der Waals surface area contributed by atoms with Crippen LogP contribution in [0.1, 0.15) is 41.7 Å². The molecule has 30 heavy (non-hydrogen) atoms. The zero-order chi connectivity index (χ0) is 20.7. The first-order chi connectivity index (χ1) is 14.6. The quantitative estimate of drug-likeness (QED) is 0.477. The molecule has 156 valence electrons. The fourth-order valence-electron chi connectivity index (χ4n) is 4.51. The SMILES string of the molecule is COC(=O)c1cnc2cc(Nc3cc(C)[nH]n3)nc(NC3C[C@H]4CC[C@@H](C3)N4)c2c1. The minimum absolute atomic E-state index is 0.323. The molecule has 3 aromatic rings. The monoisotopic (exact) mass is 407 g/mol. The predicted molar refractivity (Wildman–Crippen MR) is 114 cm³/mol. The van der Waals surface area contributed by atoms with Gasteiger partial charge in [0.25, 0.3) is 0 Å². The average molecular weight is 407 g/mol. The van der Waals surface area contributed by atoms with Crippen LogP contribution in [0.15, 0.2) is 24.4 Å². The lowest BCUT2D eigenvalue weighted by Crippen LogP contribution is -2.43. The first kappa shape index (κ1) is 18.8. The van der Waals surface area contributed by atoms with Gasteiger partial charge in [-0.05, 0) is 38.7 Å². The van der Waals surface area contributed by atoms with E-state index in [1.165, 1.54) is 26.1 Å². The zero-order valence-electron chi connectivity index (χ0n) is 17.0. The van der Waals surface area contributed by atoms with Crippen molar-refractivity contribution in [2.75, 3.05) is 17.7 Å². The second-order valence-electron chi connectivity index (χ2n) is 8.15. The standard InChI is InChI=1S/C21H25N7O2/c1-11-5-19(28-27-11)25-18-9-17-16(6-12(10-22-17)21(29)30-2)20(26-18)24-15-7-13-3-4-14(8-15)23-13/h5-6,9-10,13-15,23H,3-4,7-8H2,1-2H3,(H3,24,25,26,27,28)/t13-,14+,15?. The van der Waals surface area contributed by atoms with Crippen LogP contribution >= 0.6 is 0 Å². The van der Waals surface area contributed by atoms with Gasteiger partial charge in [0, 0.05) is 47.5 Å². The summed E-state index contributed by atoms with van der Waals surface area (Å²) in [5.74, 6) is 1.64. The predicted octanol–water partition coefficient (Wildman–Crippen LogP) is 2.89. The third-order valence-electron chi connectivity index (χ3n) is 5.88. The number of nitrogens with one attached hydrogen (secondary N) is 4. The molecule has 5 heterocycles. The smallest absolute Gasteiger partial charge is 0.339 e. The normalized spacial score (nSPS) is 22.8. The third-order valence-corrected chi connectivity index (χ3v) is 5.88. The Labute approximate surface area is 174 Å². The van der Waals surface area contributed by atoms with Gasteiger partial charge in [0.2, 0.25) is 0 Å². The molecule has 0 radical (unpaired) electrons. The number of rotatable bonds is 5. The van der Waals surface area contributed by atoms with Crippen LogP contribution in [-0.4, -0.2) is 51.4 Å². The van der Waals surface area contributed by atoms with Crippen molar-refractivity contribution in [3.05, 3.63) is 35.7 Å². The molecular formula is C21H25N7O2. The van der Waals surface area contributed by atoms with Gasteiger partial charge in [-0.3, -0.25) is 10.1 Å². The van der Waals surface area contributed by atoms with E-state index >= 15 is 0 Å². The molecule has 3 atom stereocenters. The Morgan fingerprint density at radius 3 is 2.67 bits per heavy atom. The van der Waals surface area contributed by atoms with Crippen LogP contribution < -0.4 is 16.0 Å². The van der Waals surface area contributed by atoms with Gasteiger partial charge in [-0.2, -0.15) is 5.10 Å². The summed E-state index contributed by atoms with van der Waals surface area (Å²) in [5, 5.41) is 18.5. The summed E-state index contributed by atoms with van der Waals surface area (Å²) in [6.07, 6.45) is 6.10. The van der Waals surface area contributed by atoms with Gasteiger partial charge in [0.15, 0.2) is 5.82 Å². The lowest BCUT2D eigenvalue weighted by atomic mass is 9.99. The number of pyridine rings is 2. The van der Waals surface area contributed by atoms with Crippen LogP contribution in [0.3, 0.4) is 0 Å². The number of aromatic amines is 1. The third kappa shape index (κ3) is 3.68. The Bertz CT molecular complexity index is 1080. The molecule has 3 aromatic heterocycles. The number of ether oxygens (including phenoxy) is 1. The van der Waals surface area contributed by atoms with Crippen molar-refractivity contribution in [2.45, 2.75) is 50.7 Å². The topological polar surface area (TPSA) is 117 Å². The summed E-state index contributed by atoms with van der Waals surface area (Å²) in [6, 6.07) is 7.01. The Morgan fingerprint density at radius 1 is 1.17 bits per heavy atom. The fourth-order valence-corrected chi connectivity index (χ4v) is 4.51. The first-order valence-corrected chi connectivity index (χ1v) is 10.3.